The van der Waals surface area contributed by atoms with Crippen molar-refractivity contribution in [2.75, 3.05) is 18.5 Å². The second-order valence-electron chi connectivity index (χ2n) is 8.05. The highest BCUT2D eigenvalue weighted by Gasteiger charge is 2.32. The molecule has 31 heavy (non-hydrogen) atoms. The van der Waals surface area contributed by atoms with Gasteiger partial charge in [-0.05, 0) is 63.9 Å². The topological polar surface area (TPSA) is 121 Å². The predicted octanol–water partition coefficient (Wildman–Crippen LogP) is 1.87. The van der Waals surface area contributed by atoms with E-state index in [1.165, 1.54) is 22.8 Å². The van der Waals surface area contributed by atoms with E-state index in [-0.39, 0.29) is 36.6 Å². The summed E-state index contributed by atoms with van der Waals surface area (Å²) in [7, 11) is 0. The van der Waals surface area contributed by atoms with E-state index in [1.54, 1.807) is 34.6 Å². The van der Waals surface area contributed by atoms with Crippen molar-refractivity contribution in [1.29, 1.82) is 0 Å². The highest BCUT2D eigenvalue weighted by atomic mass is 19.1. The van der Waals surface area contributed by atoms with Crippen LogP contribution in [0.2, 0.25) is 0 Å². The second kappa shape index (κ2) is 9.40. The van der Waals surface area contributed by atoms with Gasteiger partial charge in [0.1, 0.15) is 5.82 Å². The molecule has 0 radical (unpaired) electrons. The number of aliphatic hydroxyl groups excluding tert-OH is 2. The fraction of sp³-hybridized carbons (Fsp3) is 0.409. The maximum absolute atomic E-state index is 13.5. The molecule has 4 N–H and O–H groups in total. The van der Waals surface area contributed by atoms with Crippen LogP contribution in [0.1, 0.15) is 51.5 Å². The molecule has 2 aromatic rings. The summed E-state index contributed by atoms with van der Waals surface area (Å²) in [5.41, 5.74) is 0.594. The molecule has 8 nitrogen and oxygen atoms in total. The lowest BCUT2D eigenvalue weighted by Gasteiger charge is -2.23. The quantitative estimate of drug-likeness (QED) is 0.374. The smallest absolute Gasteiger partial charge is 0.294 e. The minimum absolute atomic E-state index is 0.00730. The van der Waals surface area contributed by atoms with Gasteiger partial charge in [-0.15, -0.1) is 0 Å². The number of anilines is 1. The van der Waals surface area contributed by atoms with Gasteiger partial charge in [0.2, 0.25) is 0 Å². The van der Waals surface area contributed by atoms with E-state index in [2.05, 4.69) is 10.6 Å². The number of hydrogen-bond acceptors (Lipinski definition) is 5. The number of carbonyl (C=O) groups excluding carboxylic acids is 3. The third-order valence-corrected chi connectivity index (χ3v) is 5.00. The number of amides is 2. The van der Waals surface area contributed by atoms with Gasteiger partial charge in [-0.3, -0.25) is 14.4 Å². The first kappa shape index (κ1) is 24.2. The van der Waals surface area contributed by atoms with Gasteiger partial charge in [0.15, 0.2) is 0 Å². The van der Waals surface area contributed by atoms with Crippen molar-refractivity contribution in [2.24, 2.45) is 0 Å². The standard InChI is InChI=1S/C22H28FN3O5/c1-12-10-15(6-7-16(12)23)24-20(30)17-13(2)18(26(8-9-27)14(17)3)19(29)21(31)25-22(4,5)11-28/h6-7,10,27-28H,8-9,11H2,1-5H3,(H,24,30)(H,25,31). The summed E-state index contributed by atoms with van der Waals surface area (Å²) in [6.45, 7) is 7.18. The van der Waals surface area contributed by atoms with Crippen LogP contribution >= 0.6 is 0 Å². The van der Waals surface area contributed by atoms with Crippen LogP contribution in [0.5, 0.6) is 0 Å². The van der Waals surface area contributed by atoms with Crippen molar-refractivity contribution in [2.45, 2.75) is 46.7 Å². The summed E-state index contributed by atoms with van der Waals surface area (Å²) in [5, 5.41) is 23.9. The Labute approximate surface area is 180 Å². The molecule has 9 heteroatoms. The first-order valence-corrected chi connectivity index (χ1v) is 9.79. The molecule has 0 aliphatic heterocycles. The lowest BCUT2D eigenvalue weighted by Crippen LogP contribution is -2.49. The van der Waals surface area contributed by atoms with Crippen molar-refractivity contribution in [3.63, 3.8) is 0 Å². The Balaban J connectivity index is 2.46. The van der Waals surface area contributed by atoms with E-state index < -0.39 is 29.0 Å². The largest absolute Gasteiger partial charge is 0.395 e. The van der Waals surface area contributed by atoms with Crippen LogP contribution in [-0.4, -0.2) is 51.1 Å². The van der Waals surface area contributed by atoms with Crippen molar-refractivity contribution in [3.05, 3.63) is 52.1 Å². The van der Waals surface area contributed by atoms with E-state index >= 15 is 0 Å². The number of ketones is 1. The number of aromatic nitrogens is 1. The summed E-state index contributed by atoms with van der Waals surface area (Å²) >= 11 is 0. The monoisotopic (exact) mass is 433 g/mol. The van der Waals surface area contributed by atoms with Gasteiger partial charge in [0, 0.05) is 17.9 Å². The highest BCUT2D eigenvalue weighted by Crippen LogP contribution is 2.25. The number of nitrogens with one attached hydrogen (secondary N) is 2. The zero-order valence-electron chi connectivity index (χ0n) is 18.3. The van der Waals surface area contributed by atoms with Gasteiger partial charge < -0.3 is 25.4 Å². The molecule has 168 valence electrons. The lowest BCUT2D eigenvalue weighted by molar-refractivity contribution is -0.119. The van der Waals surface area contributed by atoms with Crippen LogP contribution in [0, 0.1) is 26.6 Å². The molecule has 0 fully saturated rings. The van der Waals surface area contributed by atoms with Crippen LogP contribution in [0.4, 0.5) is 10.1 Å². The average Bonchev–Trinajstić information content (AvgIpc) is 2.94. The van der Waals surface area contributed by atoms with Crippen LogP contribution in [0.15, 0.2) is 18.2 Å². The molecule has 0 saturated carbocycles. The van der Waals surface area contributed by atoms with Crippen molar-refractivity contribution in [3.8, 4) is 0 Å². The number of aryl methyl sites for hydroxylation is 1. The molecule has 2 rings (SSSR count). The summed E-state index contributed by atoms with van der Waals surface area (Å²) < 4.78 is 14.9. The maximum Gasteiger partial charge on any atom is 0.294 e. The van der Waals surface area contributed by atoms with E-state index in [9.17, 15) is 29.0 Å². The van der Waals surface area contributed by atoms with Gasteiger partial charge in [0.25, 0.3) is 17.6 Å². The lowest BCUT2D eigenvalue weighted by atomic mass is 10.0. The third-order valence-electron chi connectivity index (χ3n) is 5.00. The number of halogens is 1. The number of benzene rings is 1. The molecular formula is C22H28FN3O5. The summed E-state index contributed by atoms with van der Waals surface area (Å²) in [4.78, 5) is 38.4. The zero-order valence-corrected chi connectivity index (χ0v) is 18.3. The first-order chi connectivity index (χ1) is 14.4. The normalized spacial score (nSPS) is 11.4. The molecule has 0 aliphatic rings. The van der Waals surface area contributed by atoms with Gasteiger partial charge in [-0.2, -0.15) is 0 Å². The Bertz CT molecular complexity index is 1030. The molecule has 2 amide bonds. The Morgan fingerprint density at radius 1 is 1.13 bits per heavy atom. The number of aliphatic hydroxyl groups is 2. The SMILES string of the molecule is Cc1cc(NC(=O)c2c(C)c(C(=O)C(=O)NC(C)(C)CO)n(CCO)c2C)ccc1F. The number of hydrogen-bond donors (Lipinski definition) is 4. The number of rotatable bonds is 8. The molecule has 0 aliphatic carbocycles. The minimum Gasteiger partial charge on any atom is -0.395 e. The Hall–Kier alpha value is -3.04. The van der Waals surface area contributed by atoms with Gasteiger partial charge >= 0.3 is 0 Å². The fourth-order valence-corrected chi connectivity index (χ4v) is 3.33. The second-order valence-corrected chi connectivity index (χ2v) is 8.05. The Morgan fingerprint density at radius 3 is 2.32 bits per heavy atom. The first-order valence-electron chi connectivity index (χ1n) is 9.79. The molecular weight excluding hydrogens is 405 g/mol. The van der Waals surface area contributed by atoms with Gasteiger partial charge in [-0.25, -0.2) is 4.39 Å². The molecule has 0 spiro atoms. The van der Waals surface area contributed by atoms with Crippen molar-refractivity contribution >= 4 is 23.3 Å². The van der Waals surface area contributed by atoms with Gasteiger partial charge in [0.05, 0.1) is 30.0 Å². The fourth-order valence-electron chi connectivity index (χ4n) is 3.33. The van der Waals surface area contributed by atoms with Crippen LogP contribution in [0.25, 0.3) is 0 Å². The van der Waals surface area contributed by atoms with Crippen molar-refractivity contribution < 1.29 is 29.0 Å². The van der Waals surface area contributed by atoms with Crippen molar-refractivity contribution in [1.82, 2.24) is 9.88 Å². The highest BCUT2D eigenvalue weighted by molar-refractivity contribution is 6.43. The van der Waals surface area contributed by atoms with E-state index in [0.717, 1.165) is 0 Å². The third kappa shape index (κ3) is 5.18. The van der Waals surface area contributed by atoms with E-state index in [4.69, 9.17) is 0 Å². The maximum atomic E-state index is 13.5. The van der Waals surface area contributed by atoms with Crippen LogP contribution in [0.3, 0.4) is 0 Å². The molecule has 0 atom stereocenters. The number of nitrogens with zero attached hydrogens (tertiary/aromatic N) is 1. The molecule has 0 unspecified atom stereocenters. The molecule has 0 bridgehead atoms. The van der Waals surface area contributed by atoms with E-state index in [1.807, 2.05) is 0 Å². The number of carbonyl (C=O) groups is 3. The minimum atomic E-state index is -1.01. The predicted molar refractivity (Wildman–Crippen MR) is 114 cm³/mol. The summed E-state index contributed by atoms with van der Waals surface area (Å²) in [6, 6.07) is 4.15. The van der Waals surface area contributed by atoms with Crippen LogP contribution < -0.4 is 10.6 Å². The number of Topliss-reactive ketones (excluding diaryl/α,β-unsaturated/α-hetero) is 1. The Kier molecular flexibility index (Phi) is 7.35. The zero-order chi connectivity index (χ0) is 23.5. The Morgan fingerprint density at radius 2 is 1.77 bits per heavy atom. The van der Waals surface area contributed by atoms with Crippen LogP contribution in [-0.2, 0) is 11.3 Å². The molecule has 1 aromatic heterocycles. The molecule has 0 saturated heterocycles. The van der Waals surface area contributed by atoms with Gasteiger partial charge in [-0.1, -0.05) is 0 Å². The molecule has 1 heterocycles. The average molecular weight is 433 g/mol. The summed E-state index contributed by atoms with van der Waals surface area (Å²) in [6.07, 6.45) is 0. The summed E-state index contributed by atoms with van der Waals surface area (Å²) in [5.74, 6) is -2.74. The van der Waals surface area contributed by atoms with E-state index in [0.29, 0.717) is 16.9 Å². The molecule has 1 aromatic carbocycles.